The van der Waals surface area contributed by atoms with Crippen LogP contribution in [0.4, 0.5) is 5.82 Å². The number of hydrogen-bond donors (Lipinski definition) is 1. The van der Waals surface area contributed by atoms with Gasteiger partial charge in [0.25, 0.3) is 0 Å². The van der Waals surface area contributed by atoms with Crippen molar-refractivity contribution >= 4 is 34.9 Å². The second-order valence-electron chi connectivity index (χ2n) is 6.25. The van der Waals surface area contributed by atoms with Crippen molar-refractivity contribution in [3.63, 3.8) is 0 Å². The molecule has 1 aromatic heterocycles. The first-order chi connectivity index (χ1) is 11.1. The summed E-state index contributed by atoms with van der Waals surface area (Å²) in [7, 11) is 1.92. The zero-order valence-corrected chi connectivity index (χ0v) is 14.8. The molecule has 3 heterocycles. The van der Waals surface area contributed by atoms with Gasteiger partial charge in [-0.05, 0) is 31.9 Å². The minimum absolute atomic E-state index is 0.289. The summed E-state index contributed by atoms with van der Waals surface area (Å²) in [5.41, 5.74) is 0. The second-order valence-corrected chi connectivity index (χ2v) is 7.09. The molecule has 0 saturated carbocycles. The summed E-state index contributed by atoms with van der Waals surface area (Å²) in [4.78, 5) is 20.9. The Bertz CT molecular complexity index is 583. The number of fused-ring (bicyclic) bond motifs is 1. The van der Waals surface area contributed by atoms with Crippen LogP contribution in [0.25, 0.3) is 0 Å². The van der Waals surface area contributed by atoms with Crippen molar-refractivity contribution in [2.45, 2.75) is 25.3 Å². The van der Waals surface area contributed by atoms with Crippen LogP contribution >= 0.6 is 23.2 Å². The Morgan fingerprint density at radius 1 is 1.39 bits per heavy atom. The Morgan fingerprint density at radius 2 is 2.22 bits per heavy atom. The van der Waals surface area contributed by atoms with Gasteiger partial charge in [0.05, 0.1) is 10.0 Å². The summed E-state index contributed by atoms with van der Waals surface area (Å²) in [6.45, 7) is 3.38. The summed E-state index contributed by atoms with van der Waals surface area (Å²) in [5.74, 6) is 1.57. The number of pyridine rings is 1. The fourth-order valence-corrected chi connectivity index (χ4v) is 4.21. The lowest BCUT2D eigenvalue weighted by atomic mass is 9.83. The van der Waals surface area contributed by atoms with Gasteiger partial charge in [-0.25, -0.2) is 4.98 Å². The molecule has 1 N–H and O–H groups in total. The number of nitrogens with one attached hydrogen (secondary N) is 1. The van der Waals surface area contributed by atoms with Gasteiger partial charge in [0, 0.05) is 44.8 Å². The SMILES string of the molecule is CNCCN1C(=O)CCC2CN(c3ncc(Cl)cc3Cl)CCC21. The number of rotatable bonds is 4. The van der Waals surface area contributed by atoms with Crippen LogP contribution in [-0.4, -0.2) is 55.1 Å². The first kappa shape index (κ1) is 16.8. The van der Waals surface area contributed by atoms with Gasteiger partial charge in [-0.1, -0.05) is 23.2 Å². The van der Waals surface area contributed by atoms with Crippen molar-refractivity contribution in [1.82, 2.24) is 15.2 Å². The zero-order chi connectivity index (χ0) is 16.4. The van der Waals surface area contributed by atoms with Crippen LogP contribution in [0.1, 0.15) is 19.3 Å². The van der Waals surface area contributed by atoms with Gasteiger partial charge in [0.1, 0.15) is 5.82 Å². The molecule has 0 aliphatic carbocycles. The molecule has 2 aliphatic rings. The molecule has 23 heavy (non-hydrogen) atoms. The van der Waals surface area contributed by atoms with Crippen LogP contribution < -0.4 is 10.2 Å². The van der Waals surface area contributed by atoms with E-state index < -0.39 is 0 Å². The number of piperidine rings is 2. The second kappa shape index (κ2) is 7.24. The van der Waals surface area contributed by atoms with E-state index >= 15 is 0 Å². The molecule has 5 nitrogen and oxygen atoms in total. The zero-order valence-electron chi connectivity index (χ0n) is 13.3. The third kappa shape index (κ3) is 3.57. The molecular formula is C16H22Cl2N4O. The molecule has 7 heteroatoms. The first-order valence-electron chi connectivity index (χ1n) is 8.10. The third-order valence-electron chi connectivity index (χ3n) is 4.83. The average molecular weight is 357 g/mol. The molecule has 0 aromatic carbocycles. The Balaban J connectivity index is 1.72. The van der Waals surface area contributed by atoms with Crippen LogP contribution in [0.5, 0.6) is 0 Å². The number of halogens is 2. The number of likely N-dealkylation sites (N-methyl/N-ethyl adjacent to an activating group) is 1. The maximum atomic E-state index is 12.2. The highest BCUT2D eigenvalue weighted by Crippen LogP contribution is 2.35. The smallest absolute Gasteiger partial charge is 0.222 e. The molecule has 2 fully saturated rings. The minimum atomic E-state index is 0.289. The van der Waals surface area contributed by atoms with Crippen molar-refractivity contribution in [3.8, 4) is 0 Å². The molecule has 2 aliphatic heterocycles. The molecule has 1 aromatic rings. The van der Waals surface area contributed by atoms with E-state index in [-0.39, 0.29) is 5.91 Å². The fraction of sp³-hybridized carbons (Fsp3) is 0.625. The Morgan fingerprint density at radius 3 is 2.96 bits per heavy atom. The lowest BCUT2D eigenvalue weighted by Crippen LogP contribution is -2.57. The number of nitrogens with zero attached hydrogens (tertiary/aromatic N) is 3. The van der Waals surface area contributed by atoms with Gasteiger partial charge in [-0.3, -0.25) is 4.79 Å². The summed E-state index contributed by atoms with van der Waals surface area (Å²) in [5, 5.41) is 4.28. The number of amides is 1. The molecule has 2 saturated heterocycles. The van der Waals surface area contributed by atoms with E-state index in [9.17, 15) is 4.79 Å². The number of hydrogen-bond acceptors (Lipinski definition) is 4. The highest BCUT2D eigenvalue weighted by molar-refractivity contribution is 6.36. The summed E-state index contributed by atoms with van der Waals surface area (Å²) in [6, 6.07) is 2.08. The minimum Gasteiger partial charge on any atom is -0.355 e. The lowest BCUT2D eigenvalue weighted by Gasteiger charge is -2.47. The van der Waals surface area contributed by atoms with Crippen molar-refractivity contribution < 1.29 is 4.79 Å². The number of aromatic nitrogens is 1. The van der Waals surface area contributed by atoms with Crippen LogP contribution in [-0.2, 0) is 4.79 Å². The maximum absolute atomic E-state index is 12.2. The van der Waals surface area contributed by atoms with E-state index in [0.29, 0.717) is 28.4 Å². The van der Waals surface area contributed by atoms with Gasteiger partial charge < -0.3 is 15.1 Å². The number of likely N-dealkylation sites (tertiary alicyclic amines) is 1. The van der Waals surface area contributed by atoms with Crippen molar-refractivity contribution in [3.05, 3.63) is 22.3 Å². The normalized spacial score (nSPS) is 24.7. The number of anilines is 1. The summed E-state index contributed by atoms with van der Waals surface area (Å²) < 4.78 is 0. The monoisotopic (exact) mass is 356 g/mol. The Kier molecular flexibility index (Phi) is 5.29. The topological polar surface area (TPSA) is 48.5 Å². The standard InChI is InChI=1S/C16H22Cl2N4O/c1-19-5-7-22-14-4-6-21(10-11(14)2-3-15(22)23)16-13(18)8-12(17)9-20-16/h8-9,11,14,19H,2-7,10H2,1H3. The van der Waals surface area contributed by atoms with Gasteiger partial charge in [-0.2, -0.15) is 0 Å². The van der Waals surface area contributed by atoms with Crippen molar-refractivity contribution in [1.29, 1.82) is 0 Å². The average Bonchev–Trinajstić information content (AvgIpc) is 2.53. The molecule has 1 amide bonds. The summed E-state index contributed by atoms with van der Waals surface area (Å²) in [6.07, 6.45) is 4.18. The van der Waals surface area contributed by atoms with E-state index in [4.69, 9.17) is 23.2 Å². The largest absolute Gasteiger partial charge is 0.355 e. The number of carbonyl (C=O) groups is 1. The van der Waals surface area contributed by atoms with E-state index in [2.05, 4.69) is 20.1 Å². The lowest BCUT2D eigenvalue weighted by molar-refractivity contribution is -0.139. The van der Waals surface area contributed by atoms with Crippen LogP contribution in [0.3, 0.4) is 0 Å². The predicted octanol–water partition coefficient (Wildman–Crippen LogP) is 2.43. The third-order valence-corrected chi connectivity index (χ3v) is 5.32. The molecular weight excluding hydrogens is 335 g/mol. The van der Waals surface area contributed by atoms with Crippen LogP contribution in [0, 0.1) is 5.92 Å². The molecule has 126 valence electrons. The molecule has 2 atom stereocenters. The van der Waals surface area contributed by atoms with E-state index in [1.165, 1.54) is 0 Å². The van der Waals surface area contributed by atoms with Gasteiger partial charge in [-0.15, -0.1) is 0 Å². The molecule has 2 unspecified atom stereocenters. The predicted molar refractivity (Wildman–Crippen MR) is 93.2 cm³/mol. The van der Waals surface area contributed by atoms with Crippen LogP contribution in [0.2, 0.25) is 10.0 Å². The quantitative estimate of drug-likeness (QED) is 0.899. The van der Waals surface area contributed by atoms with E-state index in [1.54, 1.807) is 12.3 Å². The van der Waals surface area contributed by atoms with Crippen LogP contribution in [0.15, 0.2) is 12.3 Å². The van der Waals surface area contributed by atoms with E-state index in [0.717, 1.165) is 44.8 Å². The highest BCUT2D eigenvalue weighted by Gasteiger charge is 2.39. The Hall–Kier alpha value is -1.04. The molecule has 0 spiro atoms. The Labute approximate surface area is 146 Å². The molecule has 0 bridgehead atoms. The first-order valence-corrected chi connectivity index (χ1v) is 8.86. The van der Waals surface area contributed by atoms with E-state index in [1.807, 2.05) is 7.05 Å². The maximum Gasteiger partial charge on any atom is 0.222 e. The number of carbonyl (C=O) groups excluding carboxylic acids is 1. The van der Waals surface area contributed by atoms with Crippen molar-refractivity contribution in [2.75, 3.05) is 38.1 Å². The molecule has 0 radical (unpaired) electrons. The van der Waals surface area contributed by atoms with Crippen molar-refractivity contribution in [2.24, 2.45) is 5.92 Å². The van der Waals surface area contributed by atoms with Gasteiger partial charge in [0.15, 0.2) is 0 Å². The summed E-state index contributed by atoms with van der Waals surface area (Å²) >= 11 is 12.2. The fourth-order valence-electron chi connectivity index (χ4n) is 3.71. The van der Waals surface area contributed by atoms with Gasteiger partial charge in [0.2, 0.25) is 5.91 Å². The highest BCUT2D eigenvalue weighted by atomic mass is 35.5. The van der Waals surface area contributed by atoms with Gasteiger partial charge >= 0.3 is 0 Å². The molecule has 3 rings (SSSR count).